The van der Waals surface area contributed by atoms with Crippen molar-refractivity contribution < 1.29 is 4.74 Å². The predicted octanol–water partition coefficient (Wildman–Crippen LogP) is 1.90. The first-order chi connectivity index (χ1) is 7.93. The topological polar surface area (TPSA) is 34.1 Å². The highest BCUT2D eigenvalue weighted by Crippen LogP contribution is 2.18. The van der Waals surface area contributed by atoms with Crippen molar-refractivity contribution in [3.8, 4) is 0 Å². The molecule has 1 aliphatic heterocycles. The van der Waals surface area contributed by atoms with Crippen LogP contribution in [0.5, 0.6) is 0 Å². The van der Waals surface area contributed by atoms with Crippen LogP contribution in [0.4, 0.5) is 0 Å². The zero-order valence-corrected chi connectivity index (χ0v) is 9.02. The number of para-hydroxylation sites is 1. The maximum atomic E-state index is 5.45. The summed E-state index contributed by atoms with van der Waals surface area (Å²) < 4.78 is 5.45. The number of hydrogen-bond acceptors (Lipinski definition) is 3. The van der Waals surface area contributed by atoms with Crippen molar-refractivity contribution >= 4 is 10.9 Å². The first kappa shape index (κ1) is 9.75. The van der Waals surface area contributed by atoms with E-state index in [1.807, 2.05) is 18.2 Å². The summed E-state index contributed by atoms with van der Waals surface area (Å²) >= 11 is 0. The van der Waals surface area contributed by atoms with E-state index in [9.17, 15) is 0 Å². The maximum Gasteiger partial charge on any atom is 0.0733 e. The normalized spacial score (nSPS) is 21.1. The Balaban J connectivity index is 1.97. The molecule has 0 aliphatic carbocycles. The van der Waals surface area contributed by atoms with Gasteiger partial charge in [-0.1, -0.05) is 24.3 Å². The lowest BCUT2D eigenvalue weighted by atomic mass is 10.1. The number of nitrogens with one attached hydrogen (secondary N) is 1. The Bertz CT molecular complexity index is 492. The van der Waals surface area contributed by atoms with Gasteiger partial charge in [-0.25, -0.2) is 0 Å². The largest absolute Gasteiger partial charge is 0.378 e. The summed E-state index contributed by atoms with van der Waals surface area (Å²) in [5.74, 6) is 0. The molecule has 0 unspecified atom stereocenters. The Morgan fingerprint density at radius 3 is 3.00 bits per heavy atom. The molecular weight excluding hydrogens is 200 g/mol. The Hall–Kier alpha value is -1.45. The molecule has 1 saturated heterocycles. The highest BCUT2D eigenvalue weighted by molar-refractivity contribution is 5.78. The lowest BCUT2D eigenvalue weighted by Crippen LogP contribution is -2.35. The van der Waals surface area contributed by atoms with Gasteiger partial charge in [0.1, 0.15) is 0 Å². The third-order valence-electron chi connectivity index (χ3n) is 2.90. The molecule has 1 aromatic carbocycles. The van der Waals surface area contributed by atoms with Gasteiger partial charge in [0.25, 0.3) is 0 Å². The number of nitrogens with zero attached hydrogens (tertiary/aromatic N) is 1. The van der Waals surface area contributed by atoms with E-state index in [2.05, 4.69) is 28.5 Å². The van der Waals surface area contributed by atoms with E-state index >= 15 is 0 Å². The third-order valence-corrected chi connectivity index (χ3v) is 2.90. The SMILES string of the molecule is c1ccc2nc([C@H]3COCCN3)ccc2c1. The monoisotopic (exact) mass is 214 g/mol. The van der Waals surface area contributed by atoms with Crippen LogP contribution in [-0.2, 0) is 4.74 Å². The maximum absolute atomic E-state index is 5.45. The molecule has 3 nitrogen and oxygen atoms in total. The van der Waals surface area contributed by atoms with Crippen molar-refractivity contribution in [2.45, 2.75) is 6.04 Å². The fraction of sp³-hybridized carbons (Fsp3) is 0.308. The molecule has 0 radical (unpaired) electrons. The van der Waals surface area contributed by atoms with E-state index < -0.39 is 0 Å². The molecule has 0 spiro atoms. The molecular formula is C13H14N2O. The average Bonchev–Trinajstić information content (AvgIpc) is 2.39. The molecule has 1 N–H and O–H groups in total. The summed E-state index contributed by atoms with van der Waals surface area (Å²) in [6.07, 6.45) is 0. The quantitative estimate of drug-likeness (QED) is 0.787. The van der Waals surface area contributed by atoms with Crippen molar-refractivity contribution in [2.75, 3.05) is 19.8 Å². The van der Waals surface area contributed by atoms with Crippen LogP contribution in [-0.4, -0.2) is 24.7 Å². The minimum atomic E-state index is 0.235. The summed E-state index contributed by atoms with van der Waals surface area (Å²) in [4.78, 5) is 4.66. The molecule has 0 amide bonds. The summed E-state index contributed by atoms with van der Waals surface area (Å²) in [6, 6.07) is 12.6. The van der Waals surface area contributed by atoms with E-state index in [1.54, 1.807) is 0 Å². The van der Waals surface area contributed by atoms with Gasteiger partial charge in [0, 0.05) is 11.9 Å². The number of fused-ring (bicyclic) bond motifs is 1. The molecule has 0 bridgehead atoms. The fourth-order valence-electron chi connectivity index (χ4n) is 2.03. The van der Waals surface area contributed by atoms with Gasteiger partial charge in [-0.15, -0.1) is 0 Å². The summed E-state index contributed by atoms with van der Waals surface area (Å²) in [5, 5.41) is 4.60. The molecule has 1 fully saturated rings. The van der Waals surface area contributed by atoms with Crippen molar-refractivity contribution in [3.05, 3.63) is 42.1 Å². The minimum absolute atomic E-state index is 0.235. The molecule has 3 heteroatoms. The lowest BCUT2D eigenvalue weighted by molar-refractivity contribution is 0.0757. The van der Waals surface area contributed by atoms with Crippen molar-refractivity contribution in [2.24, 2.45) is 0 Å². The van der Waals surface area contributed by atoms with Gasteiger partial charge in [-0.3, -0.25) is 4.98 Å². The Labute approximate surface area is 94.5 Å². The van der Waals surface area contributed by atoms with E-state index in [0.717, 1.165) is 24.4 Å². The highest BCUT2D eigenvalue weighted by atomic mass is 16.5. The van der Waals surface area contributed by atoms with E-state index in [-0.39, 0.29) is 6.04 Å². The van der Waals surface area contributed by atoms with Crippen LogP contribution in [0.1, 0.15) is 11.7 Å². The number of ether oxygens (including phenoxy) is 1. The van der Waals surface area contributed by atoms with Crippen LogP contribution in [0.15, 0.2) is 36.4 Å². The van der Waals surface area contributed by atoms with Crippen LogP contribution in [0.25, 0.3) is 10.9 Å². The van der Waals surface area contributed by atoms with Crippen molar-refractivity contribution in [1.82, 2.24) is 10.3 Å². The molecule has 82 valence electrons. The molecule has 3 rings (SSSR count). The first-order valence-electron chi connectivity index (χ1n) is 5.60. The molecule has 1 atom stereocenters. The standard InChI is InChI=1S/C13H14N2O/c1-2-4-11-10(3-1)5-6-12(15-11)13-9-16-8-7-14-13/h1-6,13-14H,7-9H2/t13-/m1/s1. The minimum Gasteiger partial charge on any atom is -0.378 e. The smallest absolute Gasteiger partial charge is 0.0733 e. The highest BCUT2D eigenvalue weighted by Gasteiger charge is 2.16. The van der Waals surface area contributed by atoms with E-state index in [1.165, 1.54) is 5.39 Å². The average molecular weight is 214 g/mol. The summed E-state index contributed by atoms with van der Waals surface area (Å²) in [5.41, 5.74) is 2.12. The summed E-state index contributed by atoms with van der Waals surface area (Å²) in [6.45, 7) is 2.41. The molecule has 2 aromatic rings. The van der Waals surface area contributed by atoms with Gasteiger partial charge in [0.15, 0.2) is 0 Å². The van der Waals surface area contributed by atoms with Gasteiger partial charge < -0.3 is 10.1 Å². The fourth-order valence-corrected chi connectivity index (χ4v) is 2.03. The second-order valence-electron chi connectivity index (χ2n) is 4.01. The van der Waals surface area contributed by atoms with Gasteiger partial charge in [0.2, 0.25) is 0 Å². The second-order valence-corrected chi connectivity index (χ2v) is 4.01. The zero-order chi connectivity index (χ0) is 10.8. The predicted molar refractivity (Wildman–Crippen MR) is 63.3 cm³/mol. The Morgan fingerprint density at radius 1 is 1.19 bits per heavy atom. The molecule has 1 aromatic heterocycles. The lowest BCUT2D eigenvalue weighted by Gasteiger charge is -2.23. The van der Waals surface area contributed by atoms with Crippen molar-refractivity contribution in [3.63, 3.8) is 0 Å². The van der Waals surface area contributed by atoms with Gasteiger partial charge in [-0.05, 0) is 12.1 Å². The number of morpholine rings is 1. The van der Waals surface area contributed by atoms with Crippen LogP contribution < -0.4 is 5.32 Å². The molecule has 0 saturated carbocycles. The molecule has 16 heavy (non-hydrogen) atoms. The number of pyridine rings is 1. The summed E-state index contributed by atoms with van der Waals surface area (Å²) in [7, 11) is 0. The Kier molecular flexibility index (Phi) is 2.56. The van der Waals surface area contributed by atoms with Crippen LogP contribution in [0.2, 0.25) is 0 Å². The molecule has 1 aliphatic rings. The van der Waals surface area contributed by atoms with Gasteiger partial charge in [-0.2, -0.15) is 0 Å². The van der Waals surface area contributed by atoms with Gasteiger partial charge >= 0.3 is 0 Å². The number of benzene rings is 1. The van der Waals surface area contributed by atoms with Crippen LogP contribution in [0, 0.1) is 0 Å². The third kappa shape index (κ3) is 1.79. The number of rotatable bonds is 1. The number of hydrogen-bond donors (Lipinski definition) is 1. The Morgan fingerprint density at radius 2 is 2.12 bits per heavy atom. The van der Waals surface area contributed by atoms with E-state index in [0.29, 0.717) is 6.61 Å². The van der Waals surface area contributed by atoms with Crippen molar-refractivity contribution in [1.29, 1.82) is 0 Å². The van der Waals surface area contributed by atoms with Gasteiger partial charge in [0.05, 0.1) is 30.5 Å². The molecule has 2 heterocycles. The van der Waals surface area contributed by atoms with Crippen LogP contribution in [0.3, 0.4) is 0 Å². The first-order valence-corrected chi connectivity index (χ1v) is 5.60. The van der Waals surface area contributed by atoms with Crippen LogP contribution >= 0.6 is 0 Å². The zero-order valence-electron chi connectivity index (χ0n) is 9.02. The van der Waals surface area contributed by atoms with E-state index in [4.69, 9.17) is 4.74 Å². The number of aromatic nitrogens is 1. The second kappa shape index (κ2) is 4.20.